The van der Waals surface area contributed by atoms with Gasteiger partial charge in [-0.05, 0) is 18.6 Å². The molecule has 2 aromatic heterocycles. The number of aromatic amines is 1. The van der Waals surface area contributed by atoms with Crippen molar-refractivity contribution in [3.05, 3.63) is 52.0 Å². The summed E-state index contributed by atoms with van der Waals surface area (Å²) in [6, 6.07) is 10.3. The summed E-state index contributed by atoms with van der Waals surface area (Å²) in [4.78, 5) is 21.9. The number of hydrogen-bond donors (Lipinski definition) is 1. The summed E-state index contributed by atoms with van der Waals surface area (Å²) in [6.07, 6.45) is 1.78. The largest absolute Gasteiger partial charge is 0.339 e. The monoisotopic (exact) mass is 442 g/mol. The number of aromatic nitrogens is 4. The standard InChI is InChI=1S/C21H26N6OS2/c1-2-6-18-23-24-21(29)27(18)14-19(28)26-11-9-25(10-12-26)13-17-15-30-20(22-17)16-7-4-3-5-8-16/h3-5,7-8,15H,2,6,9-14H2,1H3,(H,24,29). The molecule has 0 bridgehead atoms. The minimum Gasteiger partial charge on any atom is -0.339 e. The Balaban J connectivity index is 1.30. The van der Waals surface area contributed by atoms with Gasteiger partial charge in [-0.15, -0.1) is 11.3 Å². The topological polar surface area (TPSA) is 70.1 Å². The quantitative estimate of drug-likeness (QED) is 0.568. The first-order valence-electron chi connectivity index (χ1n) is 10.3. The molecule has 3 heterocycles. The van der Waals surface area contributed by atoms with Crippen molar-refractivity contribution in [3.63, 3.8) is 0 Å². The summed E-state index contributed by atoms with van der Waals surface area (Å²) in [5.74, 6) is 0.955. The zero-order chi connectivity index (χ0) is 20.9. The molecule has 0 atom stereocenters. The average molecular weight is 443 g/mol. The lowest BCUT2D eigenvalue weighted by molar-refractivity contribution is -0.133. The maximum Gasteiger partial charge on any atom is 0.242 e. The molecule has 0 unspecified atom stereocenters. The van der Waals surface area contributed by atoms with E-state index in [0.29, 0.717) is 4.77 Å². The van der Waals surface area contributed by atoms with E-state index < -0.39 is 0 Å². The molecule has 1 aliphatic rings. The maximum absolute atomic E-state index is 12.8. The summed E-state index contributed by atoms with van der Waals surface area (Å²) < 4.78 is 2.34. The highest BCUT2D eigenvalue weighted by Gasteiger charge is 2.23. The number of rotatable bonds is 7. The average Bonchev–Trinajstić information content (AvgIpc) is 3.37. The Morgan fingerprint density at radius 1 is 1.20 bits per heavy atom. The number of H-pyrrole nitrogens is 1. The zero-order valence-electron chi connectivity index (χ0n) is 17.1. The SMILES string of the molecule is CCCc1n[nH]c(=S)n1CC(=O)N1CCN(Cc2csc(-c3ccccc3)n2)CC1. The summed E-state index contributed by atoms with van der Waals surface area (Å²) >= 11 is 6.98. The highest BCUT2D eigenvalue weighted by atomic mass is 32.1. The van der Waals surface area contributed by atoms with E-state index in [-0.39, 0.29) is 12.5 Å². The number of thiazole rings is 1. The van der Waals surface area contributed by atoms with Crippen molar-refractivity contribution in [2.24, 2.45) is 0 Å². The molecule has 1 saturated heterocycles. The van der Waals surface area contributed by atoms with Crippen LogP contribution >= 0.6 is 23.6 Å². The first-order chi connectivity index (χ1) is 14.6. The molecule has 30 heavy (non-hydrogen) atoms. The molecule has 4 rings (SSSR count). The Bertz CT molecular complexity index is 1030. The zero-order valence-corrected chi connectivity index (χ0v) is 18.7. The predicted molar refractivity (Wildman–Crippen MR) is 121 cm³/mol. The van der Waals surface area contributed by atoms with Crippen LogP contribution < -0.4 is 0 Å². The van der Waals surface area contributed by atoms with E-state index in [2.05, 4.69) is 39.5 Å². The van der Waals surface area contributed by atoms with Crippen LogP contribution in [0.4, 0.5) is 0 Å². The molecule has 7 nitrogen and oxygen atoms in total. The number of benzene rings is 1. The highest BCUT2D eigenvalue weighted by molar-refractivity contribution is 7.71. The van der Waals surface area contributed by atoms with Gasteiger partial charge in [-0.1, -0.05) is 37.3 Å². The third kappa shape index (κ3) is 4.85. The van der Waals surface area contributed by atoms with Crippen LogP contribution in [0.5, 0.6) is 0 Å². The molecule has 0 saturated carbocycles. The van der Waals surface area contributed by atoms with Gasteiger partial charge in [-0.3, -0.25) is 19.4 Å². The van der Waals surface area contributed by atoms with E-state index in [4.69, 9.17) is 17.2 Å². The molecular weight excluding hydrogens is 416 g/mol. The van der Waals surface area contributed by atoms with E-state index in [0.717, 1.165) is 67.7 Å². The molecule has 158 valence electrons. The fourth-order valence-corrected chi connectivity index (χ4v) is 4.67. The fourth-order valence-electron chi connectivity index (χ4n) is 3.64. The normalized spacial score (nSPS) is 14.9. The van der Waals surface area contributed by atoms with E-state index >= 15 is 0 Å². The molecule has 1 N–H and O–H groups in total. The van der Waals surface area contributed by atoms with Crippen molar-refractivity contribution >= 4 is 29.5 Å². The third-order valence-corrected chi connectivity index (χ3v) is 6.54. The minimum absolute atomic E-state index is 0.101. The fraction of sp³-hybridized carbons (Fsp3) is 0.429. The number of aryl methyl sites for hydroxylation is 1. The van der Waals surface area contributed by atoms with Crippen LogP contribution in [0.25, 0.3) is 10.6 Å². The number of piperazine rings is 1. The van der Waals surface area contributed by atoms with E-state index in [9.17, 15) is 4.79 Å². The van der Waals surface area contributed by atoms with Crippen LogP contribution in [0.15, 0.2) is 35.7 Å². The van der Waals surface area contributed by atoms with Gasteiger partial charge in [0.25, 0.3) is 0 Å². The molecule has 0 aliphatic carbocycles. The van der Waals surface area contributed by atoms with Crippen molar-refractivity contribution in [3.8, 4) is 10.6 Å². The lowest BCUT2D eigenvalue weighted by Gasteiger charge is -2.34. The van der Waals surface area contributed by atoms with Crippen molar-refractivity contribution in [2.45, 2.75) is 32.9 Å². The Kier molecular flexibility index (Phi) is 6.71. The lowest BCUT2D eigenvalue weighted by Crippen LogP contribution is -2.49. The first kappa shape index (κ1) is 20.9. The Morgan fingerprint density at radius 2 is 1.97 bits per heavy atom. The molecular formula is C21H26N6OS2. The first-order valence-corrected chi connectivity index (χ1v) is 11.6. The van der Waals surface area contributed by atoms with E-state index in [1.54, 1.807) is 11.3 Å². The Hall–Kier alpha value is -2.36. The summed E-state index contributed by atoms with van der Waals surface area (Å²) in [5.41, 5.74) is 2.25. The number of carbonyl (C=O) groups excluding carboxylic acids is 1. The molecule has 1 aliphatic heterocycles. The lowest BCUT2D eigenvalue weighted by atomic mass is 10.2. The number of nitrogens with zero attached hydrogens (tertiary/aromatic N) is 5. The second-order valence-electron chi connectivity index (χ2n) is 7.45. The number of amides is 1. The summed E-state index contributed by atoms with van der Waals surface area (Å²) in [7, 11) is 0. The van der Waals surface area contributed by atoms with Crippen molar-refractivity contribution in [1.82, 2.24) is 29.5 Å². The number of hydrogen-bond acceptors (Lipinski definition) is 6. The molecule has 9 heteroatoms. The van der Waals surface area contributed by atoms with Gasteiger partial charge < -0.3 is 4.90 Å². The molecule has 0 spiro atoms. The summed E-state index contributed by atoms with van der Waals surface area (Å²) in [5, 5.41) is 10.2. The number of carbonyl (C=O) groups is 1. The predicted octanol–water partition coefficient (Wildman–Crippen LogP) is 3.36. The van der Waals surface area contributed by atoms with Gasteiger partial charge in [0.1, 0.15) is 17.4 Å². The van der Waals surface area contributed by atoms with Crippen molar-refractivity contribution < 1.29 is 4.79 Å². The van der Waals surface area contributed by atoms with Gasteiger partial charge in [0.2, 0.25) is 5.91 Å². The van der Waals surface area contributed by atoms with Crippen molar-refractivity contribution in [1.29, 1.82) is 0 Å². The second-order valence-corrected chi connectivity index (χ2v) is 8.69. The summed E-state index contributed by atoms with van der Waals surface area (Å²) in [6.45, 7) is 6.32. The van der Waals surface area contributed by atoms with Gasteiger partial charge in [-0.25, -0.2) is 4.98 Å². The van der Waals surface area contributed by atoms with Gasteiger partial charge >= 0.3 is 0 Å². The molecule has 1 fully saturated rings. The second kappa shape index (κ2) is 9.63. The highest BCUT2D eigenvalue weighted by Crippen LogP contribution is 2.24. The Labute approximate surface area is 185 Å². The van der Waals surface area contributed by atoms with Gasteiger partial charge in [0.15, 0.2) is 4.77 Å². The smallest absolute Gasteiger partial charge is 0.242 e. The van der Waals surface area contributed by atoms with Crippen LogP contribution in [0, 0.1) is 4.77 Å². The van der Waals surface area contributed by atoms with Crippen LogP contribution in [-0.4, -0.2) is 61.6 Å². The van der Waals surface area contributed by atoms with E-state index in [1.165, 1.54) is 0 Å². The van der Waals surface area contributed by atoms with Crippen LogP contribution in [0.1, 0.15) is 24.9 Å². The van der Waals surface area contributed by atoms with E-state index in [1.807, 2.05) is 27.7 Å². The van der Waals surface area contributed by atoms with Gasteiger partial charge in [-0.2, -0.15) is 5.10 Å². The van der Waals surface area contributed by atoms with Crippen molar-refractivity contribution in [2.75, 3.05) is 26.2 Å². The number of nitrogens with one attached hydrogen (secondary N) is 1. The van der Waals surface area contributed by atoms with Gasteiger partial charge in [0, 0.05) is 50.1 Å². The third-order valence-electron chi connectivity index (χ3n) is 5.29. The van der Waals surface area contributed by atoms with Crippen LogP contribution in [0.3, 0.4) is 0 Å². The molecule has 3 aromatic rings. The minimum atomic E-state index is 0.101. The Morgan fingerprint density at radius 3 is 2.70 bits per heavy atom. The molecule has 1 aromatic carbocycles. The molecule has 1 amide bonds. The van der Waals surface area contributed by atoms with Crippen LogP contribution in [-0.2, 0) is 24.3 Å². The molecule has 0 radical (unpaired) electrons. The van der Waals surface area contributed by atoms with Gasteiger partial charge in [0.05, 0.1) is 5.69 Å². The van der Waals surface area contributed by atoms with Crippen LogP contribution in [0.2, 0.25) is 0 Å². The maximum atomic E-state index is 12.8.